The number of rotatable bonds is 8. The minimum Gasteiger partial charge on any atom is -0.325 e. The topological polar surface area (TPSA) is 41.1 Å². The minimum atomic E-state index is 0.0000377. The molecule has 2 aromatic carbocycles. The lowest BCUT2D eigenvalue weighted by Crippen LogP contribution is -2.28. The van der Waals surface area contributed by atoms with Crippen molar-refractivity contribution in [2.45, 2.75) is 36.5 Å². The van der Waals surface area contributed by atoms with Crippen LogP contribution < -0.4 is 10.6 Å². The molecule has 0 saturated carbocycles. The Hall–Kier alpha value is -1.78. The molecule has 0 saturated heterocycles. The van der Waals surface area contributed by atoms with Crippen LogP contribution in [0.2, 0.25) is 0 Å². The van der Waals surface area contributed by atoms with E-state index in [9.17, 15) is 4.79 Å². The van der Waals surface area contributed by atoms with Crippen LogP contribution in [0.3, 0.4) is 0 Å². The second-order valence-corrected chi connectivity index (χ2v) is 6.66. The van der Waals surface area contributed by atoms with Gasteiger partial charge in [0.25, 0.3) is 0 Å². The Labute approximate surface area is 142 Å². The molecular formula is C19H24N2OS. The Morgan fingerprint density at radius 2 is 1.61 bits per heavy atom. The lowest BCUT2D eigenvalue weighted by atomic mass is 10.2. The van der Waals surface area contributed by atoms with Crippen molar-refractivity contribution in [3.05, 3.63) is 54.1 Å². The second kappa shape index (κ2) is 9.38. The van der Waals surface area contributed by atoms with Crippen molar-refractivity contribution in [3.63, 3.8) is 0 Å². The van der Waals surface area contributed by atoms with Crippen LogP contribution in [-0.2, 0) is 4.79 Å². The van der Waals surface area contributed by atoms with Gasteiger partial charge in [0.1, 0.15) is 0 Å². The molecule has 23 heavy (non-hydrogen) atoms. The van der Waals surface area contributed by atoms with Crippen molar-refractivity contribution >= 4 is 23.4 Å². The predicted molar refractivity (Wildman–Crippen MR) is 98.2 cm³/mol. The standard InChI is InChI=1S/C19H24N2OS/c1-3-4-13-20-14-19(22)21-16-7-11-18(12-8-16)23-17-9-5-15(2)6-10-17/h5-12,20H,3-4,13-14H2,1-2H3,(H,21,22). The Kier molecular flexibility index (Phi) is 7.17. The van der Waals surface area contributed by atoms with Crippen molar-refractivity contribution in [3.8, 4) is 0 Å². The first kappa shape index (κ1) is 17.6. The summed E-state index contributed by atoms with van der Waals surface area (Å²) in [6.45, 7) is 5.47. The van der Waals surface area contributed by atoms with Crippen molar-refractivity contribution in [2.24, 2.45) is 0 Å². The first-order valence-corrected chi connectivity index (χ1v) is 8.84. The van der Waals surface area contributed by atoms with E-state index in [0.717, 1.165) is 30.0 Å². The molecule has 0 bridgehead atoms. The molecule has 2 N–H and O–H groups in total. The van der Waals surface area contributed by atoms with Gasteiger partial charge in [-0.2, -0.15) is 0 Å². The third kappa shape index (κ3) is 6.47. The number of hydrogen-bond donors (Lipinski definition) is 2. The number of anilines is 1. The zero-order valence-electron chi connectivity index (χ0n) is 13.8. The molecule has 2 aromatic rings. The quantitative estimate of drug-likeness (QED) is 0.702. The van der Waals surface area contributed by atoms with Crippen molar-refractivity contribution < 1.29 is 4.79 Å². The summed E-state index contributed by atoms with van der Waals surface area (Å²) in [5.41, 5.74) is 2.10. The third-order valence-electron chi connectivity index (χ3n) is 3.39. The van der Waals surface area contributed by atoms with E-state index < -0.39 is 0 Å². The van der Waals surface area contributed by atoms with Crippen molar-refractivity contribution in [2.75, 3.05) is 18.4 Å². The van der Waals surface area contributed by atoms with Gasteiger partial charge in [0.2, 0.25) is 5.91 Å². The van der Waals surface area contributed by atoms with E-state index >= 15 is 0 Å². The van der Waals surface area contributed by atoms with Crippen molar-refractivity contribution in [1.82, 2.24) is 5.32 Å². The summed E-state index contributed by atoms with van der Waals surface area (Å²) in [4.78, 5) is 14.2. The normalized spacial score (nSPS) is 10.5. The van der Waals surface area contributed by atoms with E-state index in [4.69, 9.17) is 0 Å². The largest absolute Gasteiger partial charge is 0.325 e. The highest BCUT2D eigenvalue weighted by atomic mass is 32.2. The summed E-state index contributed by atoms with van der Waals surface area (Å²) in [6.07, 6.45) is 2.23. The average Bonchev–Trinajstić information content (AvgIpc) is 2.56. The number of hydrogen-bond acceptors (Lipinski definition) is 3. The molecule has 4 heteroatoms. The monoisotopic (exact) mass is 328 g/mol. The summed E-state index contributed by atoms with van der Waals surface area (Å²) in [5.74, 6) is 0.0000377. The van der Waals surface area contributed by atoms with E-state index in [2.05, 4.69) is 48.7 Å². The van der Waals surface area contributed by atoms with Crippen LogP contribution in [0.15, 0.2) is 58.3 Å². The van der Waals surface area contributed by atoms with Gasteiger partial charge in [-0.1, -0.05) is 42.8 Å². The molecule has 0 aliphatic carbocycles. The van der Waals surface area contributed by atoms with Gasteiger partial charge in [-0.3, -0.25) is 4.79 Å². The molecular weight excluding hydrogens is 304 g/mol. The fourth-order valence-corrected chi connectivity index (χ4v) is 2.87. The Bertz CT molecular complexity index is 608. The lowest BCUT2D eigenvalue weighted by Gasteiger charge is -2.07. The Morgan fingerprint density at radius 3 is 2.22 bits per heavy atom. The SMILES string of the molecule is CCCCNCC(=O)Nc1ccc(Sc2ccc(C)cc2)cc1. The molecule has 0 aromatic heterocycles. The number of benzene rings is 2. The number of aryl methyl sites for hydroxylation is 1. The highest BCUT2D eigenvalue weighted by Crippen LogP contribution is 2.28. The molecule has 0 aliphatic heterocycles. The van der Waals surface area contributed by atoms with Crippen LogP contribution in [-0.4, -0.2) is 19.0 Å². The van der Waals surface area contributed by atoms with Crippen LogP contribution in [0.1, 0.15) is 25.3 Å². The van der Waals surface area contributed by atoms with Gasteiger partial charge in [-0.05, 0) is 56.3 Å². The highest BCUT2D eigenvalue weighted by molar-refractivity contribution is 7.99. The lowest BCUT2D eigenvalue weighted by molar-refractivity contribution is -0.115. The zero-order valence-corrected chi connectivity index (χ0v) is 14.6. The van der Waals surface area contributed by atoms with E-state index in [0.29, 0.717) is 6.54 Å². The maximum Gasteiger partial charge on any atom is 0.238 e. The van der Waals surface area contributed by atoms with Crippen LogP contribution in [0.4, 0.5) is 5.69 Å². The van der Waals surface area contributed by atoms with Crippen LogP contribution in [0, 0.1) is 6.92 Å². The van der Waals surface area contributed by atoms with E-state index in [1.807, 2.05) is 24.3 Å². The van der Waals surface area contributed by atoms with Crippen LogP contribution >= 0.6 is 11.8 Å². The van der Waals surface area contributed by atoms with Gasteiger partial charge in [-0.25, -0.2) is 0 Å². The van der Waals surface area contributed by atoms with E-state index in [1.165, 1.54) is 10.5 Å². The van der Waals surface area contributed by atoms with E-state index in [1.54, 1.807) is 11.8 Å². The summed E-state index contributed by atoms with van der Waals surface area (Å²) in [5, 5.41) is 6.05. The molecule has 2 rings (SSSR count). The maximum atomic E-state index is 11.8. The third-order valence-corrected chi connectivity index (χ3v) is 4.40. The summed E-state index contributed by atoms with van der Waals surface area (Å²) in [7, 11) is 0. The van der Waals surface area contributed by atoms with Gasteiger partial charge in [0.05, 0.1) is 6.54 Å². The Balaban J connectivity index is 1.82. The molecule has 0 atom stereocenters. The number of unbranched alkanes of at least 4 members (excludes halogenated alkanes) is 1. The number of carbonyl (C=O) groups excluding carboxylic acids is 1. The van der Waals surface area contributed by atoms with Gasteiger partial charge in [-0.15, -0.1) is 0 Å². The van der Waals surface area contributed by atoms with Crippen molar-refractivity contribution in [1.29, 1.82) is 0 Å². The smallest absolute Gasteiger partial charge is 0.238 e. The summed E-state index contributed by atoms with van der Waals surface area (Å²) < 4.78 is 0. The minimum absolute atomic E-state index is 0.0000377. The van der Waals surface area contributed by atoms with E-state index in [-0.39, 0.29) is 5.91 Å². The number of amides is 1. The molecule has 0 unspecified atom stereocenters. The fourth-order valence-electron chi connectivity index (χ4n) is 2.06. The van der Waals surface area contributed by atoms with Gasteiger partial charge in [0, 0.05) is 15.5 Å². The molecule has 0 aliphatic rings. The average molecular weight is 328 g/mol. The maximum absolute atomic E-state index is 11.8. The number of carbonyl (C=O) groups is 1. The first-order valence-electron chi connectivity index (χ1n) is 8.02. The first-order chi connectivity index (χ1) is 11.2. The molecule has 1 amide bonds. The van der Waals surface area contributed by atoms with Crippen LogP contribution in [0.25, 0.3) is 0 Å². The Morgan fingerprint density at radius 1 is 1.00 bits per heavy atom. The number of nitrogens with one attached hydrogen (secondary N) is 2. The molecule has 0 spiro atoms. The van der Waals surface area contributed by atoms with Gasteiger partial charge in [0.15, 0.2) is 0 Å². The molecule has 0 heterocycles. The van der Waals surface area contributed by atoms with Crippen LogP contribution in [0.5, 0.6) is 0 Å². The fraction of sp³-hybridized carbons (Fsp3) is 0.316. The van der Waals surface area contributed by atoms with Gasteiger partial charge >= 0.3 is 0 Å². The second-order valence-electron chi connectivity index (χ2n) is 5.52. The molecule has 0 radical (unpaired) electrons. The predicted octanol–water partition coefficient (Wildman–Crippen LogP) is 4.47. The summed E-state index contributed by atoms with van der Waals surface area (Å²) >= 11 is 1.72. The molecule has 122 valence electrons. The molecule has 0 fully saturated rings. The van der Waals surface area contributed by atoms with Gasteiger partial charge < -0.3 is 10.6 Å². The summed E-state index contributed by atoms with van der Waals surface area (Å²) in [6, 6.07) is 16.4. The zero-order chi connectivity index (χ0) is 16.5. The molecule has 3 nitrogen and oxygen atoms in total. The highest BCUT2D eigenvalue weighted by Gasteiger charge is 2.02.